The van der Waals surface area contributed by atoms with Gasteiger partial charge in [0.2, 0.25) is 0 Å². The molecular weight excluding hydrogens is 250 g/mol. The lowest BCUT2D eigenvalue weighted by atomic mass is 10.1. The fourth-order valence-electron chi connectivity index (χ4n) is 2.75. The fourth-order valence-corrected chi connectivity index (χ4v) is 2.75. The van der Waals surface area contributed by atoms with Crippen LogP contribution in [0.1, 0.15) is 61.5 Å². The van der Waals surface area contributed by atoms with E-state index in [9.17, 15) is 4.79 Å². The minimum Gasteiger partial charge on any atom is -0.384 e. The Kier molecular flexibility index (Phi) is 5.39. The summed E-state index contributed by atoms with van der Waals surface area (Å²) in [4.78, 5) is 18.9. The molecule has 20 heavy (non-hydrogen) atoms. The van der Waals surface area contributed by atoms with Crippen molar-refractivity contribution in [3.8, 4) is 0 Å². The molecule has 0 aliphatic carbocycles. The molecule has 1 saturated heterocycles. The third-order valence-electron chi connectivity index (χ3n) is 3.79. The van der Waals surface area contributed by atoms with Crippen molar-refractivity contribution in [2.75, 3.05) is 18.8 Å². The molecular formula is C16H25N3O. The number of pyridine rings is 1. The maximum Gasteiger partial charge on any atom is 0.254 e. The van der Waals surface area contributed by atoms with Gasteiger partial charge < -0.3 is 10.6 Å². The van der Waals surface area contributed by atoms with Gasteiger partial charge in [-0.2, -0.15) is 0 Å². The Morgan fingerprint density at radius 2 is 1.85 bits per heavy atom. The van der Waals surface area contributed by atoms with E-state index in [-0.39, 0.29) is 5.91 Å². The Labute approximate surface area is 121 Å². The van der Waals surface area contributed by atoms with Gasteiger partial charge in [-0.05, 0) is 31.4 Å². The van der Waals surface area contributed by atoms with Crippen LogP contribution in [0.2, 0.25) is 0 Å². The lowest BCUT2D eigenvalue weighted by molar-refractivity contribution is 0.0742. The second-order valence-electron chi connectivity index (χ2n) is 5.58. The predicted octanol–water partition coefficient (Wildman–Crippen LogP) is 3.02. The summed E-state index contributed by atoms with van der Waals surface area (Å²) in [5, 5.41) is 0. The molecule has 0 bridgehead atoms. The molecule has 1 aromatic heterocycles. The standard InChI is InChI=1S/C16H25N3O/c1-2-8-14-11-13(12-15(17)18-14)16(20)19-9-6-4-3-5-7-10-19/h11-12H,2-10H2,1H3,(H2,17,18). The van der Waals surface area contributed by atoms with Crippen LogP contribution in [0.5, 0.6) is 0 Å². The quantitative estimate of drug-likeness (QED) is 0.922. The van der Waals surface area contributed by atoms with Gasteiger partial charge in [0, 0.05) is 24.3 Å². The number of rotatable bonds is 3. The minimum absolute atomic E-state index is 0.110. The Hall–Kier alpha value is -1.58. The van der Waals surface area contributed by atoms with Crippen LogP contribution in [0.3, 0.4) is 0 Å². The first-order chi connectivity index (χ1) is 9.70. The number of hydrogen-bond donors (Lipinski definition) is 1. The van der Waals surface area contributed by atoms with Crippen LogP contribution < -0.4 is 5.73 Å². The second kappa shape index (κ2) is 7.27. The van der Waals surface area contributed by atoms with Gasteiger partial charge in [-0.25, -0.2) is 4.98 Å². The molecule has 2 heterocycles. The van der Waals surface area contributed by atoms with E-state index in [0.29, 0.717) is 11.4 Å². The van der Waals surface area contributed by atoms with Gasteiger partial charge in [0.25, 0.3) is 5.91 Å². The first-order valence-corrected chi connectivity index (χ1v) is 7.76. The number of nitrogens with two attached hydrogens (primary N) is 1. The number of nitrogen functional groups attached to an aromatic ring is 1. The molecule has 0 unspecified atom stereocenters. The van der Waals surface area contributed by atoms with Crippen molar-refractivity contribution in [1.82, 2.24) is 9.88 Å². The van der Waals surface area contributed by atoms with Crippen LogP contribution >= 0.6 is 0 Å². The van der Waals surface area contributed by atoms with E-state index >= 15 is 0 Å². The largest absolute Gasteiger partial charge is 0.384 e. The number of aromatic nitrogens is 1. The lowest BCUT2D eigenvalue weighted by Gasteiger charge is -2.25. The summed E-state index contributed by atoms with van der Waals surface area (Å²) in [6.45, 7) is 3.83. The predicted molar refractivity (Wildman–Crippen MR) is 81.6 cm³/mol. The van der Waals surface area contributed by atoms with Crippen LogP contribution in [0.25, 0.3) is 0 Å². The molecule has 1 aromatic rings. The van der Waals surface area contributed by atoms with E-state index in [1.54, 1.807) is 6.07 Å². The highest BCUT2D eigenvalue weighted by molar-refractivity contribution is 5.95. The number of carbonyl (C=O) groups is 1. The molecule has 2 N–H and O–H groups in total. The highest BCUT2D eigenvalue weighted by atomic mass is 16.2. The van der Waals surface area contributed by atoms with Crippen LogP contribution in [0.15, 0.2) is 12.1 Å². The van der Waals surface area contributed by atoms with E-state index in [1.807, 2.05) is 11.0 Å². The topological polar surface area (TPSA) is 59.2 Å². The summed E-state index contributed by atoms with van der Waals surface area (Å²) in [5.74, 6) is 0.560. The number of nitrogens with zero attached hydrogens (tertiary/aromatic N) is 2. The zero-order chi connectivity index (χ0) is 14.4. The average molecular weight is 275 g/mol. The van der Waals surface area contributed by atoms with E-state index in [2.05, 4.69) is 11.9 Å². The Bertz CT molecular complexity index is 451. The van der Waals surface area contributed by atoms with Crippen molar-refractivity contribution in [3.05, 3.63) is 23.4 Å². The van der Waals surface area contributed by atoms with E-state index in [4.69, 9.17) is 5.73 Å². The Morgan fingerprint density at radius 1 is 1.20 bits per heavy atom. The number of likely N-dealkylation sites (tertiary alicyclic amines) is 1. The third-order valence-corrected chi connectivity index (χ3v) is 3.79. The summed E-state index contributed by atoms with van der Waals surface area (Å²) in [6, 6.07) is 3.61. The zero-order valence-electron chi connectivity index (χ0n) is 12.4. The van der Waals surface area contributed by atoms with Gasteiger partial charge in [0.05, 0.1) is 0 Å². The normalized spacial score (nSPS) is 16.6. The highest BCUT2D eigenvalue weighted by Crippen LogP contribution is 2.16. The highest BCUT2D eigenvalue weighted by Gasteiger charge is 2.17. The third kappa shape index (κ3) is 3.95. The SMILES string of the molecule is CCCc1cc(C(=O)N2CCCCCCC2)cc(N)n1. The van der Waals surface area contributed by atoms with Gasteiger partial charge in [0.15, 0.2) is 0 Å². The maximum absolute atomic E-state index is 12.6. The number of anilines is 1. The first kappa shape index (κ1) is 14.8. The van der Waals surface area contributed by atoms with E-state index < -0.39 is 0 Å². The van der Waals surface area contributed by atoms with Crippen molar-refractivity contribution in [3.63, 3.8) is 0 Å². The van der Waals surface area contributed by atoms with Crippen molar-refractivity contribution in [1.29, 1.82) is 0 Å². The average Bonchev–Trinajstić information content (AvgIpc) is 2.37. The summed E-state index contributed by atoms with van der Waals surface area (Å²) < 4.78 is 0. The molecule has 2 rings (SSSR count). The summed E-state index contributed by atoms with van der Waals surface area (Å²) in [5.41, 5.74) is 7.45. The summed E-state index contributed by atoms with van der Waals surface area (Å²) in [7, 11) is 0. The molecule has 1 amide bonds. The van der Waals surface area contributed by atoms with E-state index in [0.717, 1.165) is 44.5 Å². The molecule has 4 nitrogen and oxygen atoms in total. The molecule has 0 radical (unpaired) electrons. The fraction of sp³-hybridized carbons (Fsp3) is 0.625. The van der Waals surface area contributed by atoms with Gasteiger partial charge in [-0.1, -0.05) is 32.6 Å². The van der Waals surface area contributed by atoms with Crippen LogP contribution in [-0.2, 0) is 6.42 Å². The number of carbonyl (C=O) groups excluding carboxylic acids is 1. The number of hydrogen-bond acceptors (Lipinski definition) is 3. The lowest BCUT2D eigenvalue weighted by Crippen LogP contribution is -2.34. The Morgan fingerprint density at radius 3 is 2.50 bits per heavy atom. The molecule has 1 fully saturated rings. The zero-order valence-corrected chi connectivity index (χ0v) is 12.4. The van der Waals surface area contributed by atoms with Crippen molar-refractivity contribution in [2.45, 2.75) is 51.9 Å². The number of amides is 1. The first-order valence-electron chi connectivity index (χ1n) is 7.76. The van der Waals surface area contributed by atoms with Gasteiger partial charge >= 0.3 is 0 Å². The molecule has 4 heteroatoms. The smallest absolute Gasteiger partial charge is 0.254 e. The van der Waals surface area contributed by atoms with Gasteiger partial charge in [0.1, 0.15) is 5.82 Å². The monoisotopic (exact) mass is 275 g/mol. The molecule has 1 aliphatic rings. The molecule has 1 aliphatic heterocycles. The van der Waals surface area contributed by atoms with Crippen LogP contribution in [0, 0.1) is 0 Å². The molecule has 0 saturated carbocycles. The van der Waals surface area contributed by atoms with Crippen LogP contribution in [-0.4, -0.2) is 28.9 Å². The van der Waals surface area contributed by atoms with Crippen molar-refractivity contribution < 1.29 is 4.79 Å². The summed E-state index contributed by atoms with van der Waals surface area (Å²) in [6.07, 6.45) is 7.83. The summed E-state index contributed by atoms with van der Waals surface area (Å²) >= 11 is 0. The van der Waals surface area contributed by atoms with E-state index in [1.165, 1.54) is 19.3 Å². The molecule has 0 aromatic carbocycles. The van der Waals surface area contributed by atoms with Gasteiger partial charge in [-0.15, -0.1) is 0 Å². The molecule has 0 spiro atoms. The van der Waals surface area contributed by atoms with Gasteiger partial charge in [-0.3, -0.25) is 4.79 Å². The van der Waals surface area contributed by atoms with Crippen LogP contribution in [0.4, 0.5) is 5.82 Å². The Balaban J connectivity index is 2.14. The van der Waals surface area contributed by atoms with Crippen molar-refractivity contribution in [2.24, 2.45) is 0 Å². The maximum atomic E-state index is 12.6. The van der Waals surface area contributed by atoms with Crippen molar-refractivity contribution >= 4 is 11.7 Å². The second-order valence-corrected chi connectivity index (χ2v) is 5.58. The number of aryl methyl sites for hydroxylation is 1. The molecule has 110 valence electrons. The minimum atomic E-state index is 0.110. The molecule has 0 atom stereocenters.